The number of rotatable bonds is 4. The van der Waals surface area contributed by atoms with E-state index in [4.69, 9.17) is 0 Å². The van der Waals surface area contributed by atoms with E-state index in [2.05, 4.69) is 29.2 Å². The lowest BCUT2D eigenvalue weighted by atomic mass is 10.3. The molecule has 1 saturated heterocycles. The fourth-order valence-electron chi connectivity index (χ4n) is 1.50. The normalized spacial score (nSPS) is 21.5. The smallest absolute Gasteiger partial charge is 0.0110 e. The fraction of sp³-hybridized carbons (Fsp3) is 0.889. The third-order valence-electron chi connectivity index (χ3n) is 2.42. The predicted octanol–water partition coefficient (Wildman–Crippen LogP) is 0.00509. The number of nitrogens with one attached hydrogen (secondary N) is 1. The van der Waals surface area contributed by atoms with Crippen molar-refractivity contribution in [3.63, 3.8) is 0 Å². The molecule has 0 saturated carbocycles. The standard InChI is InChI=1S/C9H20N3/c1-10-4-3-5-12-8-6-11(2)7-9-12/h10H,1,3-9H2,2H3. The highest BCUT2D eigenvalue weighted by Crippen LogP contribution is 1.99. The van der Waals surface area contributed by atoms with Crippen LogP contribution in [0.25, 0.3) is 0 Å². The van der Waals surface area contributed by atoms with Gasteiger partial charge in [-0.25, -0.2) is 0 Å². The quantitative estimate of drug-likeness (QED) is 0.599. The zero-order chi connectivity index (χ0) is 8.81. The SMILES string of the molecule is [CH2]NCCCN1CCN(C)CC1. The zero-order valence-electron chi connectivity index (χ0n) is 8.05. The van der Waals surface area contributed by atoms with Gasteiger partial charge in [0.2, 0.25) is 0 Å². The van der Waals surface area contributed by atoms with Gasteiger partial charge in [-0.1, -0.05) is 0 Å². The average molecular weight is 170 g/mol. The highest BCUT2D eigenvalue weighted by Gasteiger charge is 2.12. The van der Waals surface area contributed by atoms with Crippen molar-refractivity contribution in [2.75, 3.05) is 46.3 Å². The first-order chi connectivity index (χ1) is 5.83. The van der Waals surface area contributed by atoms with Crippen LogP contribution in [0.3, 0.4) is 0 Å². The molecular weight excluding hydrogens is 150 g/mol. The summed E-state index contributed by atoms with van der Waals surface area (Å²) >= 11 is 0. The van der Waals surface area contributed by atoms with Gasteiger partial charge in [0.05, 0.1) is 0 Å². The Hall–Kier alpha value is -0.120. The lowest BCUT2D eigenvalue weighted by Crippen LogP contribution is -2.44. The van der Waals surface area contributed by atoms with Crippen molar-refractivity contribution in [2.24, 2.45) is 0 Å². The molecule has 0 atom stereocenters. The maximum Gasteiger partial charge on any atom is 0.0110 e. The Morgan fingerprint density at radius 1 is 1.25 bits per heavy atom. The van der Waals surface area contributed by atoms with E-state index < -0.39 is 0 Å². The van der Waals surface area contributed by atoms with Gasteiger partial charge in [0, 0.05) is 33.2 Å². The van der Waals surface area contributed by atoms with Crippen LogP contribution in [0.4, 0.5) is 0 Å². The molecule has 0 aromatic carbocycles. The molecule has 0 aromatic rings. The minimum absolute atomic E-state index is 1.03. The van der Waals surface area contributed by atoms with Crippen LogP contribution in [0, 0.1) is 7.05 Å². The lowest BCUT2D eigenvalue weighted by Gasteiger charge is -2.32. The summed E-state index contributed by atoms with van der Waals surface area (Å²) in [6.07, 6.45) is 1.22. The van der Waals surface area contributed by atoms with Gasteiger partial charge in [-0.15, -0.1) is 0 Å². The number of hydrogen-bond acceptors (Lipinski definition) is 3. The fourth-order valence-corrected chi connectivity index (χ4v) is 1.50. The Labute approximate surface area is 75.7 Å². The summed E-state index contributed by atoms with van der Waals surface area (Å²) in [6.45, 7) is 7.15. The van der Waals surface area contributed by atoms with Crippen molar-refractivity contribution in [1.82, 2.24) is 15.1 Å². The summed E-state index contributed by atoms with van der Waals surface area (Å²) < 4.78 is 0. The molecule has 1 fully saturated rings. The summed E-state index contributed by atoms with van der Waals surface area (Å²) in [5.41, 5.74) is 0. The third-order valence-corrected chi connectivity index (χ3v) is 2.42. The number of hydrogen-bond donors (Lipinski definition) is 1. The van der Waals surface area contributed by atoms with E-state index in [1.165, 1.54) is 39.1 Å². The summed E-state index contributed by atoms with van der Waals surface area (Å²) in [5, 5.41) is 2.93. The molecule has 1 radical (unpaired) electrons. The summed E-state index contributed by atoms with van der Waals surface area (Å²) in [6, 6.07) is 0. The Kier molecular flexibility index (Phi) is 4.58. The summed E-state index contributed by atoms with van der Waals surface area (Å²) in [4.78, 5) is 4.91. The van der Waals surface area contributed by atoms with E-state index in [0.29, 0.717) is 0 Å². The van der Waals surface area contributed by atoms with Crippen LogP contribution < -0.4 is 5.32 Å². The Morgan fingerprint density at radius 2 is 1.92 bits per heavy atom. The van der Waals surface area contributed by atoms with E-state index in [-0.39, 0.29) is 0 Å². The summed E-state index contributed by atoms with van der Waals surface area (Å²) in [5.74, 6) is 0. The first kappa shape index (κ1) is 9.96. The van der Waals surface area contributed by atoms with Gasteiger partial charge < -0.3 is 15.1 Å². The van der Waals surface area contributed by atoms with Crippen molar-refractivity contribution < 1.29 is 0 Å². The molecule has 71 valence electrons. The van der Waals surface area contributed by atoms with Crippen LogP contribution >= 0.6 is 0 Å². The predicted molar refractivity (Wildman–Crippen MR) is 51.9 cm³/mol. The Balaban J connectivity index is 2.01. The molecule has 0 aromatic heterocycles. The van der Waals surface area contributed by atoms with E-state index in [1.54, 1.807) is 0 Å². The highest BCUT2D eigenvalue weighted by molar-refractivity contribution is 4.69. The number of piperazine rings is 1. The van der Waals surface area contributed by atoms with Gasteiger partial charge in [0.15, 0.2) is 0 Å². The first-order valence-electron chi connectivity index (χ1n) is 4.74. The van der Waals surface area contributed by atoms with Crippen LogP contribution in [0.1, 0.15) is 6.42 Å². The first-order valence-corrected chi connectivity index (χ1v) is 4.74. The zero-order valence-corrected chi connectivity index (χ0v) is 8.05. The average Bonchev–Trinajstić information content (AvgIpc) is 2.09. The Morgan fingerprint density at radius 3 is 2.50 bits per heavy atom. The molecule has 1 aliphatic rings. The summed E-state index contributed by atoms with van der Waals surface area (Å²) in [7, 11) is 5.79. The number of likely N-dealkylation sites (N-methyl/N-ethyl adjacent to an activating group) is 1. The molecule has 0 unspecified atom stereocenters. The van der Waals surface area contributed by atoms with Crippen LogP contribution in [-0.4, -0.2) is 56.1 Å². The van der Waals surface area contributed by atoms with E-state index in [1.807, 2.05) is 0 Å². The minimum atomic E-state index is 1.03. The second-order valence-corrected chi connectivity index (χ2v) is 3.50. The topological polar surface area (TPSA) is 18.5 Å². The van der Waals surface area contributed by atoms with Gasteiger partial charge in [-0.3, -0.25) is 0 Å². The molecule has 0 aliphatic carbocycles. The molecule has 0 spiro atoms. The van der Waals surface area contributed by atoms with E-state index >= 15 is 0 Å². The molecule has 1 rings (SSSR count). The van der Waals surface area contributed by atoms with E-state index in [0.717, 1.165) is 6.54 Å². The van der Waals surface area contributed by atoms with Crippen LogP contribution in [-0.2, 0) is 0 Å². The molecular formula is C9H20N3. The van der Waals surface area contributed by atoms with Gasteiger partial charge in [-0.05, 0) is 26.6 Å². The van der Waals surface area contributed by atoms with Crippen LogP contribution in [0.2, 0.25) is 0 Å². The van der Waals surface area contributed by atoms with Gasteiger partial charge in [0.25, 0.3) is 0 Å². The minimum Gasteiger partial charge on any atom is -0.315 e. The lowest BCUT2D eigenvalue weighted by molar-refractivity contribution is 0.153. The molecule has 12 heavy (non-hydrogen) atoms. The van der Waals surface area contributed by atoms with Crippen molar-refractivity contribution in [2.45, 2.75) is 6.42 Å². The van der Waals surface area contributed by atoms with Gasteiger partial charge in [0.1, 0.15) is 0 Å². The van der Waals surface area contributed by atoms with Crippen molar-refractivity contribution in [1.29, 1.82) is 0 Å². The van der Waals surface area contributed by atoms with Gasteiger partial charge >= 0.3 is 0 Å². The molecule has 1 aliphatic heterocycles. The molecule has 3 heteroatoms. The molecule has 0 bridgehead atoms. The maximum atomic E-state index is 3.60. The molecule has 3 nitrogen and oxygen atoms in total. The van der Waals surface area contributed by atoms with Crippen molar-refractivity contribution in [3.05, 3.63) is 7.05 Å². The third kappa shape index (κ3) is 3.52. The number of nitrogens with zero attached hydrogens (tertiary/aromatic N) is 2. The maximum absolute atomic E-state index is 3.60. The highest BCUT2D eigenvalue weighted by atomic mass is 15.2. The molecule has 0 amide bonds. The molecule has 1 heterocycles. The largest absolute Gasteiger partial charge is 0.315 e. The van der Waals surface area contributed by atoms with Crippen LogP contribution in [0.5, 0.6) is 0 Å². The van der Waals surface area contributed by atoms with Gasteiger partial charge in [-0.2, -0.15) is 0 Å². The van der Waals surface area contributed by atoms with Crippen LogP contribution in [0.15, 0.2) is 0 Å². The Bertz CT molecular complexity index is 108. The van der Waals surface area contributed by atoms with E-state index in [9.17, 15) is 0 Å². The monoisotopic (exact) mass is 170 g/mol. The second-order valence-electron chi connectivity index (χ2n) is 3.50. The second kappa shape index (κ2) is 5.51. The molecule has 1 N–H and O–H groups in total. The van der Waals surface area contributed by atoms with Crippen molar-refractivity contribution >= 4 is 0 Å². The van der Waals surface area contributed by atoms with Crippen molar-refractivity contribution in [3.8, 4) is 0 Å².